The van der Waals surface area contributed by atoms with Gasteiger partial charge in [-0.25, -0.2) is 15.0 Å². The molecule has 0 spiro atoms. The van der Waals surface area contributed by atoms with Crippen molar-refractivity contribution in [3.63, 3.8) is 0 Å². The summed E-state index contributed by atoms with van der Waals surface area (Å²) in [7, 11) is 1.61. The fourth-order valence-electron chi connectivity index (χ4n) is 2.07. The van der Waals surface area contributed by atoms with Crippen molar-refractivity contribution >= 4 is 41.3 Å². The third kappa shape index (κ3) is 7.15. The van der Waals surface area contributed by atoms with Gasteiger partial charge in [0.15, 0.2) is 5.96 Å². The predicted molar refractivity (Wildman–Crippen MR) is 114 cm³/mol. The van der Waals surface area contributed by atoms with Crippen LogP contribution in [0.5, 0.6) is 5.88 Å². The van der Waals surface area contributed by atoms with Crippen LogP contribution in [0.15, 0.2) is 23.3 Å². The van der Waals surface area contributed by atoms with E-state index >= 15 is 0 Å². The lowest BCUT2D eigenvalue weighted by Gasteiger charge is -2.10. The maximum Gasteiger partial charge on any atom is 0.212 e. The minimum Gasteiger partial charge on any atom is -0.481 e. The van der Waals surface area contributed by atoms with E-state index in [0.717, 1.165) is 41.7 Å². The zero-order chi connectivity index (χ0) is 17.4. The summed E-state index contributed by atoms with van der Waals surface area (Å²) in [4.78, 5) is 14.6. The molecule has 2 aromatic heterocycles. The number of nitrogens with one attached hydrogen (secondary N) is 2. The van der Waals surface area contributed by atoms with Crippen LogP contribution in [-0.2, 0) is 13.0 Å². The van der Waals surface area contributed by atoms with Gasteiger partial charge in [-0.05, 0) is 26.3 Å². The number of hydrogen-bond donors (Lipinski definition) is 2. The van der Waals surface area contributed by atoms with Crippen molar-refractivity contribution in [3.05, 3.63) is 39.5 Å². The first-order chi connectivity index (χ1) is 11.6. The van der Waals surface area contributed by atoms with Gasteiger partial charge >= 0.3 is 0 Å². The molecule has 0 fully saturated rings. The molecule has 0 aliphatic carbocycles. The predicted octanol–water partition coefficient (Wildman–Crippen LogP) is 3.08. The third-order valence-electron chi connectivity index (χ3n) is 3.47. The summed E-state index contributed by atoms with van der Waals surface area (Å²) in [6, 6.07) is 3.82. The van der Waals surface area contributed by atoms with Crippen molar-refractivity contribution in [2.75, 3.05) is 20.2 Å². The molecule has 2 heterocycles. The quantitative estimate of drug-likeness (QED) is 0.366. The second-order valence-corrected chi connectivity index (χ2v) is 6.62. The van der Waals surface area contributed by atoms with Crippen molar-refractivity contribution < 1.29 is 4.74 Å². The fraction of sp³-hybridized carbons (Fsp3) is 0.471. The Morgan fingerprint density at radius 1 is 1.28 bits per heavy atom. The van der Waals surface area contributed by atoms with Crippen LogP contribution >= 0.6 is 35.3 Å². The number of aromatic nitrogens is 2. The molecule has 2 N–H and O–H groups in total. The summed E-state index contributed by atoms with van der Waals surface area (Å²) in [5, 5.41) is 7.77. The van der Waals surface area contributed by atoms with Crippen LogP contribution in [0.25, 0.3) is 0 Å². The number of nitrogens with zero attached hydrogens (tertiary/aromatic N) is 3. The highest BCUT2D eigenvalue weighted by Gasteiger charge is 2.04. The molecule has 0 saturated carbocycles. The number of aryl methyl sites for hydroxylation is 2. The van der Waals surface area contributed by atoms with Gasteiger partial charge in [0.2, 0.25) is 5.88 Å². The van der Waals surface area contributed by atoms with Crippen molar-refractivity contribution in [2.45, 2.75) is 33.7 Å². The van der Waals surface area contributed by atoms with Gasteiger partial charge in [-0.3, -0.25) is 0 Å². The Balaban J connectivity index is 0.00000312. The highest BCUT2D eigenvalue weighted by Crippen LogP contribution is 2.16. The molecule has 2 rings (SSSR count). The van der Waals surface area contributed by atoms with Gasteiger partial charge in [-0.1, -0.05) is 6.07 Å². The van der Waals surface area contributed by atoms with Crippen LogP contribution in [0.3, 0.4) is 0 Å². The van der Waals surface area contributed by atoms with Crippen LogP contribution < -0.4 is 15.4 Å². The molecule has 0 aromatic carbocycles. The average Bonchev–Trinajstić information content (AvgIpc) is 2.91. The van der Waals surface area contributed by atoms with E-state index in [9.17, 15) is 0 Å². The highest BCUT2D eigenvalue weighted by molar-refractivity contribution is 14.0. The molecule has 0 saturated heterocycles. The molecule has 6 nitrogen and oxygen atoms in total. The summed E-state index contributed by atoms with van der Waals surface area (Å²) in [5.74, 6) is 1.42. The zero-order valence-corrected chi connectivity index (χ0v) is 18.3. The molecule has 8 heteroatoms. The fourth-order valence-corrected chi connectivity index (χ4v) is 3.00. The number of pyridine rings is 1. The second-order valence-electron chi connectivity index (χ2n) is 5.33. The SMILES string of the molecule is CCNC(=NCc1ccc(OC)nc1)NCCc1nc(C)c(C)s1.I. The summed E-state index contributed by atoms with van der Waals surface area (Å²) in [6.45, 7) is 8.41. The van der Waals surface area contributed by atoms with Gasteiger partial charge in [-0.15, -0.1) is 35.3 Å². The van der Waals surface area contributed by atoms with E-state index in [1.807, 2.05) is 12.1 Å². The van der Waals surface area contributed by atoms with Gasteiger partial charge in [0, 0.05) is 36.7 Å². The first kappa shape index (κ1) is 21.6. The number of halogens is 1. The Morgan fingerprint density at radius 3 is 2.64 bits per heavy atom. The van der Waals surface area contributed by atoms with E-state index < -0.39 is 0 Å². The maximum absolute atomic E-state index is 5.06. The van der Waals surface area contributed by atoms with Crippen molar-refractivity contribution in [2.24, 2.45) is 4.99 Å². The molecule has 0 amide bonds. The van der Waals surface area contributed by atoms with E-state index in [2.05, 4.69) is 46.4 Å². The molecular formula is C17H26IN5OS. The van der Waals surface area contributed by atoms with Gasteiger partial charge < -0.3 is 15.4 Å². The smallest absolute Gasteiger partial charge is 0.212 e. The topological polar surface area (TPSA) is 71.4 Å². The summed E-state index contributed by atoms with van der Waals surface area (Å²) >= 11 is 1.76. The summed E-state index contributed by atoms with van der Waals surface area (Å²) in [5.41, 5.74) is 2.17. The molecule has 138 valence electrons. The number of thiazole rings is 1. The second kappa shape index (κ2) is 11.2. The van der Waals surface area contributed by atoms with Crippen LogP contribution in [0, 0.1) is 13.8 Å². The minimum absolute atomic E-state index is 0. The van der Waals surface area contributed by atoms with Gasteiger partial charge in [0.25, 0.3) is 0 Å². The average molecular weight is 475 g/mol. The third-order valence-corrected chi connectivity index (χ3v) is 4.61. The van der Waals surface area contributed by atoms with Gasteiger partial charge in [0.05, 0.1) is 24.4 Å². The highest BCUT2D eigenvalue weighted by atomic mass is 127. The number of methoxy groups -OCH3 is 1. The molecular weight excluding hydrogens is 449 g/mol. The molecule has 0 bridgehead atoms. The number of ether oxygens (including phenoxy) is 1. The molecule has 25 heavy (non-hydrogen) atoms. The van der Waals surface area contributed by atoms with Crippen LogP contribution in [0.2, 0.25) is 0 Å². The van der Waals surface area contributed by atoms with E-state index in [0.29, 0.717) is 12.4 Å². The molecule has 0 atom stereocenters. The standard InChI is InChI=1S/C17H25N5OS.HI/c1-5-18-17(19-9-8-16-22-12(2)13(3)24-16)21-11-14-6-7-15(23-4)20-10-14;/h6-7,10H,5,8-9,11H2,1-4H3,(H2,18,19,21);1H. The lowest BCUT2D eigenvalue weighted by Crippen LogP contribution is -2.38. The van der Waals surface area contributed by atoms with E-state index in [4.69, 9.17) is 4.74 Å². The molecule has 0 unspecified atom stereocenters. The minimum atomic E-state index is 0. The summed E-state index contributed by atoms with van der Waals surface area (Å²) in [6.07, 6.45) is 2.68. The van der Waals surface area contributed by atoms with E-state index in [1.165, 1.54) is 4.88 Å². The normalized spacial score (nSPS) is 11.0. The van der Waals surface area contributed by atoms with Crippen molar-refractivity contribution in [1.29, 1.82) is 0 Å². The Labute approximate surface area is 170 Å². The van der Waals surface area contributed by atoms with Crippen molar-refractivity contribution in [1.82, 2.24) is 20.6 Å². The molecule has 0 aliphatic rings. The Morgan fingerprint density at radius 2 is 2.08 bits per heavy atom. The Hall–Kier alpha value is -1.42. The molecule has 0 aliphatic heterocycles. The monoisotopic (exact) mass is 475 g/mol. The van der Waals surface area contributed by atoms with Crippen molar-refractivity contribution in [3.8, 4) is 5.88 Å². The largest absolute Gasteiger partial charge is 0.481 e. The number of aliphatic imine (C=N–C) groups is 1. The maximum atomic E-state index is 5.06. The van der Waals surface area contributed by atoms with E-state index in [1.54, 1.807) is 24.6 Å². The van der Waals surface area contributed by atoms with Gasteiger partial charge in [0.1, 0.15) is 0 Å². The van der Waals surface area contributed by atoms with Crippen LogP contribution in [-0.4, -0.2) is 36.1 Å². The van der Waals surface area contributed by atoms with Gasteiger partial charge in [-0.2, -0.15) is 0 Å². The van der Waals surface area contributed by atoms with Crippen LogP contribution in [0.1, 0.15) is 28.1 Å². The first-order valence-electron chi connectivity index (χ1n) is 8.06. The number of rotatable bonds is 7. The number of guanidine groups is 1. The Kier molecular flexibility index (Phi) is 9.73. The Bertz CT molecular complexity index is 653. The summed E-state index contributed by atoms with van der Waals surface area (Å²) < 4.78 is 5.06. The van der Waals surface area contributed by atoms with Crippen LogP contribution in [0.4, 0.5) is 0 Å². The lowest BCUT2D eigenvalue weighted by molar-refractivity contribution is 0.397. The first-order valence-corrected chi connectivity index (χ1v) is 8.88. The zero-order valence-electron chi connectivity index (χ0n) is 15.1. The van der Waals surface area contributed by atoms with E-state index in [-0.39, 0.29) is 24.0 Å². The lowest BCUT2D eigenvalue weighted by atomic mass is 10.3. The number of hydrogen-bond acceptors (Lipinski definition) is 5. The molecule has 0 radical (unpaired) electrons. The molecule has 2 aromatic rings.